The van der Waals surface area contributed by atoms with Crippen LogP contribution in [0.4, 0.5) is 5.95 Å². The minimum atomic E-state index is -3.90. The van der Waals surface area contributed by atoms with Crippen LogP contribution in [0.1, 0.15) is 18.5 Å². The molecule has 1 aliphatic carbocycles. The Kier molecular flexibility index (Phi) is 4.77. The van der Waals surface area contributed by atoms with E-state index < -0.39 is 10.0 Å². The number of hydrogen-bond acceptors (Lipinski definition) is 5. The van der Waals surface area contributed by atoms with Crippen LogP contribution in [0.25, 0.3) is 10.9 Å². The molecule has 1 fully saturated rings. The van der Waals surface area contributed by atoms with Gasteiger partial charge in [-0.3, -0.25) is 0 Å². The second-order valence-corrected chi connectivity index (χ2v) is 9.29. The summed E-state index contributed by atoms with van der Waals surface area (Å²) in [6.45, 7) is 0. The number of aromatic nitrogens is 3. The second kappa shape index (κ2) is 6.96. The minimum absolute atomic E-state index is 0.0194. The highest BCUT2D eigenvalue weighted by atomic mass is 79.9. The summed E-state index contributed by atoms with van der Waals surface area (Å²) in [7, 11) is -2.42. The molecule has 2 N–H and O–H groups in total. The van der Waals surface area contributed by atoms with Gasteiger partial charge in [-0.25, -0.2) is 18.1 Å². The molecule has 0 radical (unpaired) electrons. The molecule has 1 aliphatic rings. The average Bonchev–Trinajstić information content (AvgIpc) is 3.33. The number of hydrogen-bond donors (Lipinski definition) is 2. The van der Waals surface area contributed by atoms with Crippen molar-refractivity contribution in [1.82, 2.24) is 15.0 Å². The Hall–Kier alpha value is -1.84. The van der Waals surface area contributed by atoms with Gasteiger partial charge in [0.05, 0.1) is 12.8 Å². The number of aromatic amines is 1. The molecule has 0 unspecified atom stereocenters. The molecule has 0 amide bonds. The first kappa shape index (κ1) is 18.5. The van der Waals surface area contributed by atoms with Crippen molar-refractivity contribution in [3.05, 3.63) is 39.6 Å². The first-order chi connectivity index (χ1) is 12.9. The second-order valence-electron chi connectivity index (χ2n) is 6.41. The highest BCUT2D eigenvalue weighted by Crippen LogP contribution is 2.37. The number of ether oxygens (including phenoxy) is 1. The third-order valence-electron chi connectivity index (χ3n) is 4.38. The molecule has 0 atom stereocenters. The molecule has 0 saturated heterocycles. The van der Waals surface area contributed by atoms with E-state index in [1.54, 1.807) is 18.2 Å². The third kappa shape index (κ3) is 3.76. The summed E-state index contributed by atoms with van der Waals surface area (Å²) >= 11 is 9.41. The van der Waals surface area contributed by atoms with Gasteiger partial charge in [-0.2, -0.15) is 4.98 Å². The van der Waals surface area contributed by atoms with Gasteiger partial charge in [0.25, 0.3) is 10.0 Å². The number of fused-ring (bicyclic) bond motifs is 1. The van der Waals surface area contributed by atoms with E-state index >= 15 is 0 Å². The lowest BCUT2D eigenvalue weighted by molar-refractivity contribution is 0.393. The van der Waals surface area contributed by atoms with Gasteiger partial charge in [0, 0.05) is 22.1 Å². The molecule has 4 rings (SSSR count). The molecule has 0 aliphatic heterocycles. The molecule has 2 aromatic heterocycles. The van der Waals surface area contributed by atoms with Crippen molar-refractivity contribution in [1.29, 1.82) is 0 Å². The van der Waals surface area contributed by atoms with Gasteiger partial charge in [-0.15, -0.1) is 0 Å². The van der Waals surface area contributed by atoms with E-state index in [0.29, 0.717) is 32.2 Å². The molecule has 27 heavy (non-hydrogen) atoms. The zero-order valence-electron chi connectivity index (χ0n) is 14.3. The number of methoxy groups -OCH3 is 1. The van der Waals surface area contributed by atoms with E-state index in [-0.39, 0.29) is 10.8 Å². The van der Waals surface area contributed by atoms with Crippen molar-refractivity contribution in [2.24, 2.45) is 5.92 Å². The summed E-state index contributed by atoms with van der Waals surface area (Å²) in [5, 5.41) is 1.06. The zero-order chi connectivity index (χ0) is 19.2. The Morgan fingerprint density at radius 3 is 2.85 bits per heavy atom. The number of nitrogens with zero attached hydrogens (tertiary/aromatic N) is 2. The topological polar surface area (TPSA) is 97.0 Å². The van der Waals surface area contributed by atoms with Gasteiger partial charge < -0.3 is 9.72 Å². The first-order valence-electron chi connectivity index (χ1n) is 8.27. The molecule has 1 saturated carbocycles. The quantitative estimate of drug-likeness (QED) is 0.563. The maximum Gasteiger partial charge on any atom is 0.266 e. The molecule has 2 heterocycles. The van der Waals surface area contributed by atoms with Gasteiger partial charge in [0.15, 0.2) is 0 Å². The summed E-state index contributed by atoms with van der Waals surface area (Å²) in [5.41, 5.74) is 1.36. The number of benzene rings is 1. The minimum Gasteiger partial charge on any atom is -0.480 e. The number of H-pyrrole nitrogens is 1. The lowest BCUT2D eigenvalue weighted by Crippen LogP contribution is -2.16. The summed E-state index contributed by atoms with van der Waals surface area (Å²) in [4.78, 5) is 11.6. The van der Waals surface area contributed by atoms with Gasteiger partial charge >= 0.3 is 0 Å². The van der Waals surface area contributed by atoms with Crippen molar-refractivity contribution >= 4 is 54.4 Å². The van der Waals surface area contributed by atoms with E-state index in [1.165, 1.54) is 13.3 Å². The number of halogens is 2. The van der Waals surface area contributed by atoms with Crippen LogP contribution in [-0.2, 0) is 16.4 Å². The summed E-state index contributed by atoms with van der Waals surface area (Å²) in [5.74, 6) is 0.849. The molecule has 7 nitrogen and oxygen atoms in total. The highest BCUT2D eigenvalue weighted by molar-refractivity contribution is 9.10. The standard InChI is InChI=1S/C17H16BrClN4O3S/c1-26-16-15(18)13(6-9-2-3-9)21-17(22-16)23-27(24,25)14-8-20-12-7-10(19)4-5-11(12)14/h4-5,7-9,20H,2-3,6H2,1H3,(H,21,22,23). The molecular formula is C17H16BrClN4O3S. The van der Waals surface area contributed by atoms with Crippen LogP contribution in [-0.4, -0.2) is 30.5 Å². The molecular weight excluding hydrogens is 456 g/mol. The van der Waals surface area contributed by atoms with Crippen molar-refractivity contribution in [2.75, 3.05) is 11.8 Å². The van der Waals surface area contributed by atoms with E-state index in [9.17, 15) is 8.42 Å². The number of sulfonamides is 1. The Balaban J connectivity index is 1.71. The van der Waals surface area contributed by atoms with Crippen LogP contribution >= 0.6 is 27.5 Å². The van der Waals surface area contributed by atoms with Crippen molar-refractivity contribution in [3.63, 3.8) is 0 Å². The number of anilines is 1. The van der Waals surface area contributed by atoms with E-state index in [0.717, 1.165) is 25.0 Å². The fourth-order valence-electron chi connectivity index (χ4n) is 2.85. The van der Waals surface area contributed by atoms with Crippen LogP contribution in [0, 0.1) is 5.92 Å². The summed E-state index contributed by atoms with van der Waals surface area (Å²) in [6, 6.07) is 4.97. The Morgan fingerprint density at radius 2 is 2.15 bits per heavy atom. The average molecular weight is 472 g/mol. The maximum absolute atomic E-state index is 12.9. The van der Waals surface area contributed by atoms with Gasteiger partial charge in [0.1, 0.15) is 9.37 Å². The molecule has 10 heteroatoms. The molecule has 142 valence electrons. The Bertz CT molecular complexity index is 1130. The van der Waals surface area contributed by atoms with E-state index in [1.807, 2.05) is 0 Å². The van der Waals surface area contributed by atoms with Gasteiger partial charge in [0.2, 0.25) is 11.8 Å². The number of nitrogens with one attached hydrogen (secondary N) is 2. The smallest absolute Gasteiger partial charge is 0.266 e. The summed E-state index contributed by atoms with van der Waals surface area (Å²) < 4.78 is 34.2. The highest BCUT2D eigenvalue weighted by Gasteiger charge is 2.26. The Morgan fingerprint density at radius 1 is 1.37 bits per heavy atom. The lowest BCUT2D eigenvalue weighted by Gasteiger charge is -2.11. The molecule has 3 aromatic rings. The zero-order valence-corrected chi connectivity index (χ0v) is 17.4. The largest absolute Gasteiger partial charge is 0.480 e. The molecule has 0 bridgehead atoms. The van der Waals surface area contributed by atoms with Crippen LogP contribution in [0.2, 0.25) is 5.02 Å². The fraction of sp³-hybridized carbons (Fsp3) is 0.294. The van der Waals surface area contributed by atoms with Crippen LogP contribution in [0.15, 0.2) is 33.8 Å². The first-order valence-corrected chi connectivity index (χ1v) is 10.9. The van der Waals surface area contributed by atoms with Crippen molar-refractivity contribution in [3.8, 4) is 5.88 Å². The fourth-order valence-corrected chi connectivity index (χ4v) is 4.65. The maximum atomic E-state index is 12.9. The van der Waals surface area contributed by atoms with Gasteiger partial charge in [-0.1, -0.05) is 11.6 Å². The predicted molar refractivity (Wildman–Crippen MR) is 107 cm³/mol. The normalized spacial score (nSPS) is 14.5. The third-order valence-corrected chi connectivity index (χ3v) is 6.78. The van der Waals surface area contributed by atoms with Crippen LogP contribution < -0.4 is 9.46 Å². The summed E-state index contributed by atoms with van der Waals surface area (Å²) in [6.07, 6.45) is 4.47. The van der Waals surface area contributed by atoms with E-state index in [4.69, 9.17) is 16.3 Å². The van der Waals surface area contributed by atoms with Crippen LogP contribution in [0.3, 0.4) is 0 Å². The number of rotatable bonds is 6. The van der Waals surface area contributed by atoms with Crippen molar-refractivity contribution in [2.45, 2.75) is 24.2 Å². The molecule has 0 spiro atoms. The van der Waals surface area contributed by atoms with Crippen molar-refractivity contribution < 1.29 is 13.2 Å². The monoisotopic (exact) mass is 470 g/mol. The van der Waals surface area contributed by atoms with E-state index in [2.05, 4.69) is 35.6 Å². The van der Waals surface area contributed by atoms with Gasteiger partial charge in [-0.05, 0) is 59.3 Å². The lowest BCUT2D eigenvalue weighted by atomic mass is 10.2. The molecule has 1 aromatic carbocycles. The SMILES string of the molecule is COc1nc(NS(=O)(=O)c2c[nH]c3cc(Cl)ccc23)nc(CC2CC2)c1Br. The predicted octanol–water partition coefficient (Wildman–Crippen LogP) is 4.14. The van der Waals surface area contributed by atoms with Crippen LogP contribution in [0.5, 0.6) is 5.88 Å². The Labute approximate surface area is 169 Å².